The summed E-state index contributed by atoms with van der Waals surface area (Å²) in [5.74, 6) is 3.42. The van der Waals surface area contributed by atoms with Crippen LogP contribution in [0.5, 0.6) is 17.2 Å². The Kier molecular flexibility index (Phi) is 6.41. The number of aliphatic hydroxyl groups is 1. The molecule has 3 fully saturated rings. The number of aromatic nitrogens is 1. The summed E-state index contributed by atoms with van der Waals surface area (Å²) in [6.07, 6.45) is 3.63. The van der Waals surface area contributed by atoms with Gasteiger partial charge in [-0.2, -0.15) is 0 Å². The minimum absolute atomic E-state index is 0.0845. The molecule has 3 aliphatic heterocycles. The van der Waals surface area contributed by atoms with Gasteiger partial charge in [-0.1, -0.05) is 24.3 Å². The van der Waals surface area contributed by atoms with Gasteiger partial charge >= 0.3 is 0 Å². The smallest absolute Gasteiger partial charge is 0.127 e. The lowest BCUT2D eigenvalue weighted by atomic mass is 9.73. The van der Waals surface area contributed by atoms with E-state index < -0.39 is 6.10 Å². The van der Waals surface area contributed by atoms with Crippen LogP contribution in [0.15, 0.2) is 91.5 Å². The lowest BCUT2D eigenvalue weighted by Crippen LogP contribution is -2.54. The Bertz CT molecular complexity index is 1400. The van der Waals surface area contributed by atoms with Crippen LogP contribution in [0.1, 0.15) is 24.5 Å². The second-order valence-corrected chi connectivity index (χ2v) is 10.1. The first-order valence-electron chi connectivity index (χ1n) is 13.0. The molecule has 3 aliphatic rings. The van der Waals surface area contributed by atoms with Gasteiger partial charge in [0, 0.05) is 23.5 Å². The topological polar surface area (TPSA) is 54.8 Å². The second kappa shape index (κ2) is 10.0. The van der Waals surface area contributed by atoms with E-state index >= 15 is 0 Å². The highest BCUT2D eigenvalue weighted by molar-refractivity contribution is 5.87. The quantitative estimate of drug-likeness (QED) is 0.293. The molecule has 5 nitrogen and oxygen atoms in total. The summed E-state index contributed by atoms with van der Waals surface area (Å²) in [6, 6.07) is 25.7. The average Bonchev–Trinajstić information content (AvgIpc) is 2.97. The molecule has 0 spiro atoms. The molecule has 4 heterocycles. The van der Waals surface area contributed by atoms with Crippen molar-refractivity contribution in [2.24, 2.45) is 11.8 Å². The van der Waals surface area contributed by atoms with E-state index in [2.05, 4.69) is 17.6 Å². The van der Waals surface area contributed by atoms with Gasteiger partial charge in [-0.25, -0.2) is 4.98 Å². The number of aliphatic hydroxyl groups excluding tert-OH is 1. The molecular formula is C32H32N2O3. The first kappa shape index (κ1) is 23.7. The Morgan fingerprint density at radius 3 is 2.46 bits per heavy atom. The van der Waals surface area contributed by atoms with Crippen molar-refractivity contribution in [3.63, 3.8) is 0 Å². The fraction of sp³-hybridized carbons (Fsp3) is 0.281. The van der Waals surface area contributed by atoms with Crippen molar-refractivity contribution < 1.29 is 14.6 Å². The van der Waals surface area contributed by atoms with Crippen LogP contribution in [-0.4, -0.2) is 41.2 Å². The average molecular weight is 493 g/mol. The molecule has 0 saturated carbocycles. The Morgan fingerprint density at radius 1 is 1.00 bits per heavy atom. The molecule has 3 saturated heterocycles. The third-order valence-corrected chi connectivity index (χ3v) is 8.01. The monoisotopic (exact) mass is 492 g/mol. The maximum Gasteiger partial charge on any atom is 0.127 e. The number of hydrogen-bond donors (Lipinski definition) is 1. The van der Waals surface area contributed by atoms with Crippen LogP contribution < -0.4 is 9.47 Å². The van der Waals surface area contributed by atoms with Gasteiger partial charge in [-0.3, -0.25) is 4.90 Å². The molecule has 0 aliphatic carbocycles. The molecule has 0 radical (unpaired) electrons. The van der Waals surface area contributed by atoms with E-state index in [4.69, 9.17) is 14.5 Å². The van der Waals surface area contributed by atoms with Gasteiger partial charge in [0.2, 0.25) is 0 Å². The van der Waals surface area contributed by atoms with Gasteiger partial charge in [0.15, 0.2) is 0 Å². The van der Waals surface area contributed by atoms with Crippen molar-refractivity contribution in [1.29, 1.82) is 0 Å². The van der Waals surface area contributed by atoms with Crippen LogP contribution in [0.4, 0.5) is 0 Å². The summed E-state index contributed by atoms with van der Waals surface area (Å²) < 4.78 is 11.5. The lowest BCUT2D eigenvalue weighted by molar-refractivity contribution is -0.0444. The molecule has 5 atom stereocenters. The summed E-state index contributed by atoms with van der Waals surface area (Å²) in [6.45, 7) is 6.04. The van der Waals surface area contributed by atoms with Gasteiger partial charge in [0.05, 0.1) is 24.4 Å². The van der Waals surface area contributed by atoms with Gasteiger partial charge in [-0.05, 0) is 97.4 Å². The molecule has 188 valence electrons. The number of hydrogen-bond acceptors (Lipinski definition) is 5. The Balaban J connectivity index is 1.36. The maximum atomic E-state index is 11.8. The van der Waals surface area contributed by atoms with Crippen molar-refractivity contribution >= 4 is 10.9 Å². The fourth-order valence-electron chi connectivity index (χ4n) is 5.98. The minimum atomic E-state index is -0.620. The number of methoxy groups -OCH3 is 1. The van der Waals surface area contributed by atoms with E-state index in [0.717, 1.165) is 64.5 Å². The number of para-hydroxylation sites is 1. The SMILES string of the molecule is C=CC1CN2CCC1CC2C(O)c1cc(-c2ccc(Oc3ccccc3)cc2)nc2ccc(OC)cc12. The van der Waals surface area contributed by atoms with Gasteiger partial charge in [0.1, 0.15) is 17.2 Å². The number of nitrogens with zero attached hydrogens (tertiary/aromatic N) is 2. The Morgan fingerprint density at radius 2 is 1.76 bits per heavy atom. The summed E-state index contributed by atoms with van der Waals surface area (Å²) in [4.78, 5) is 7.40. The summed E-state index contributed by atoms with van der Waals surface area (Å²) in [5, 5.41) is 12.7. The van der Waals surface area contributed by atoms with Gasteiger partial charge in [-0.15, -0.1) is 6.58 Å². The van der Waals surface area contributed by atoms with Gasteiger partial charge < -0.3 is 14.6 Å². The van der Waals surface area contributed by atoms with Gasteiger partial charge in [0.25, 0.3) is 0 Å². The molecule has 5 heteroatoms. The highest BCUT2D eigenvalue weighted by atomic mass is 16.5. The van der Waals surface area contributed by atoms with E-state index in [-0.39, 0.29) is 6.04 Å². The molecule has 37 heavy (non-hydrogen) atoms. The summed E-state index contributed by atoms with van der Waals surface area (Å²) in [5.41, 5.74) is 3.55. The van der Waals surface area contributed by atoms with E-state index in [1.807, 2.05) is 78.9 Å². The van der Waals surface area contributed by atoms with Crippen LogP contribution in [0, 0.1) is 11.8 Å². The summed E-state index contributed by atoms with van der Waals surface area (Å²) in [7, 11) is 1.67. The van der Waals surface area contributed by atoms with E-state index in [9.17, 15) is 5.11 Å². The number of piperidine rings is 3. The molecule has 1 aromatic heterocycles. The number of pyridine rings is 1. The predicted octanol–water partition coefficient (Wildman–Crippen LogP) is 6.63. The molecule has 0 amide bonds. The standard InChI is InChI=1S/C32H32N2O3/c1-3-21-20-34-16-15-23(21)17-31(34)32(35)28-19-30(33-29-14-13-26(36-2)18-27(28)29)22-9-11-25(12-10-22)37-24-7-5-4-6-8-24/h3-14,18-19,21,23,31-32,35H,1,15-17,20H2,2H3. The minimum Gasteiger partial charge on any atom is -0.497 e. The zero-order valence-electron chi connectivity index (χ0n) is 21.1. The number of fused-ring (bicyclic) bond motifs is 4. The van der Waals surface area contributed by atoms with Crippen LogP contribution in [0.2, 0.25) is 0 Å². The predicted molar refractivity (Wildman–Crippen MR) is 147 cm³/mol. The van der Waals surface area contributed by atoms with Crippen LogP contribution >= 0.6 is 0 Å². The Hall–Kier alpha value is -3.67. The molecule has 4 aromatic rings. The van der Waals surface area contributed by atoms with Crippen molar-refractivity contribution in [3.8, 4) is 28.5 Å². The first-order valence-corrected chi connectivity index (χ1v) is 13.0. The Labute approximate surface area is 218 Å². The third-order valence-electron chi connectivity index (χ3n) is 8.01. The molecule has 5 unspecified atom stereocenters. The number of ether oxygens (including phenoxy) is 2. The maximum absolute atomic E-state index is 11.8. The van der Waals surface area contributed by atoms with E-state index in [1.165, 1.54) is 6.42 Å². The molecular weight excluding hydrogens is 460 g/mol. The number of benzene rings is 3. The zero-order valence-corrected chi connectivity index (χ0v) is 21.1. The van der Waals surface area contributed by atoms with Crippen LogP contribution in [-0.2, 0) is 0 Å². The molecule has 7 rings (SSSR count). The fourth-order valence-corrected chi connectivity index (χ4v) is 5.98. The van der Waals surface area contributed by atoms with E-state index in [0.29, 0.717) is 11.8 Å². The number of rotatable bonds is 7. The lowest BCUT2D eigenvalue weighted by Gasteiger charge is -2.50. The summed E-state index contributed by atoms with van der Waals surface area (Å²) >= 11 is 0. The van der Waals surface area contributed by atoms with Crippen molar-refractivity contribution in [3.05, 3.63) is 97.1 Å². The molecule has 1 N–H and O–H groups in total. The van der Waals surface area contributed by atoms with E-state index in [1.54, 1.807) is 7.11 Å². The van der Waals surface area contributed by atoms with Crippen molar-refractivity contribution in [1.82, 2.24) is 9.88 Å². The first-order chi connectivity index (χ1) is 18.1. The van der Waals surface area contributed by atoms with Crippen molar-refractivity contribution in [2.45, 2.75) is 25.0 Å². The largest absolute Gasteiger partial charge is 0.497 e. The second-order valence-electron chi connectivity index (χ2n) is 10.1. The molecule has 2 bridgehead atoms. The van der Waals surface area contributed by atoms with Crippen LogP contribution in [0.25, 0.3) is 22.2 Å². The van der Waals surface area contributed by atoms with Crippen molar-refractivity contribution in [2.75, 3.05) is 20.2 Å². The zero-order chi connectivity index (χ0) is 25.4. The third kappa shape index (κ3) is 4.61. The highest BCUT2D eigenvalue weighted by Gasteiger charge is 2.42. The normalized spacial score (nSPS) is 23.5. The van der Waals surface area contributed by atoms with Crippen LogP contribution in [0.3, 0.4) is 0 Å². The highest BCUT2D eigenvalue weighted by Crippen LogP contribution is 2.43. The molecule has 3 aromatic carbocycles.